The largest absolute Gasteiger partial charge is 0.326 e. The van der Waals surface area contributed by atoms with Crippen molar-refractivity contribution < 1.29 is 4.79 Å². The first-order chi connectivity index (χ1) is 7.75. The summed E-state index contributed by atoms with van der Waals surface area (Å²) >= 11 is 3.40. The van der Waals surface area contributed by atoms with Crippen molar-refractivity contribution >= 4 is 27.5 Å². The number of carbonyl (C=O) groups excluding carboxylic acids is 1. The zero-order valence-electron chi connectivity index (χ0n) is 8.95. The van der Waals surface area contributed by atoms with Gasteiger partial charge in [0.2, 0.25) is 5.91 Å². The molecule has 84 valence electrons. The average molecular weight is 280 g/mol. The third kappa shape index (κ3) is 1.77. The van der Waals surface area contributed by atoms with Gasteiger partial charge >= 0.3 is 0 Å². The molecule has 3 rings (SSSR count). The highest BCUT2D eigenvalue weighted by Gasteiger charge is 2.56. The number of hydrogen-bond donors (Lipinski definition) is 1. The van der Waals surface area contributed by atoms with Gasteiger partial charge in [0.25, 0.3) is 0 Å². The predicted molar refractivity (Wildman–Crippen MR) is 67.1 cm³/mol. The lowest BCUT2D eigenvalue weighted by atomic mass is 10.1. The number of amides is 1. The Kier molecular flexibility index (Phi) is 2.51. The van der Waals surface area contributed by atoms with Crippen molar-refractivity contribution in [1.29, 1.82) is 0 Å². The Hall–Kier alpha value is -0.830. The van der Waals surface area contributed by atoms with Crippen LogP contribution in [0.25, 0.3) is 0 Å². The number of nitrogens with one attached hydrogen (secondary N) is 1. The molecule has 0 spiro atoms. The van der Waals surface area contributed by atoms with Crippen molar-refractivity contribution in [2.75, 3.05) is 5.32 Å². The molecule has 2 saturated carbocycles. The van der Waals surface area contributed by atoms with Crippen LogP contribution in [0.2, 0.25) is 0 Å². The van der Waals surface area contributed by atoms with E-state index in [1.165, 1.54) is 19.3 Å². The third-order valence-electron chi connectivity index (χ3n) is 3.80. The van der Waals surface area contributed by atoms with Crippen LogP contribution in [-0.4, -0.2) is 5.91 Å². The van der Waals surface area contributed by atoms with Crippen LogP contribution in [0.5, 0.6) is 0 Å². The molecule has 1 N–H and O–H groups in total. The van der Waals surface area contributed by atoms with Gasteiger partial charge in [-0.1, -0.05) is 28.4 Å². The summed E-state index contributed by atoms with van der Waals surface area (Å²) in [6, 6.07) is 7.77. The molecule has 0 aliphatic heterocycles. The molecule has 2 fully saturated rings. The van der Waals surface area contributed by atoms with Crippen LogP contribution >= 0.6 is 15.9 Å². The summed E-state index contributed by atoms with van der Waals surface area (Å²) in [5.74, 6) is 1.89. The van der Waals surface area contributed by atoms with E-state index in [4.69, 9.17) is 0 Å². The Bertz CT molecular complexity index is 422. The molecule has 2 unspecified atom stereocenters. The maximum absolute atomic E-state index is 12.0. The Labute approximate surface area is 104 Å². The van der Waals surface area contributed by atoms with Gasteiger partial charge < -0.3 is 5.32 Å². The van der Waals surface area contributed by atoms with Gasteiger partial charge in [-0.25, -0.2) is 0 Å². The SMILES string of the molecule is O=C(Nc1cccc(Br)c1)C1C2CCCC21. The summed E-state index contributed by atoms with van der Waals surface area (Å²) in [6.07, 6.45) is 3.82. The van der Waals surface area contributed by atoms with Gasteiger partial charge in [0.05, 0.1) is 0 Å². The molecule has 2 aliphatic carbocycles. The Morgan fingerprint density at radius 2 is 2.06 bits per heavy atom. The molecule has 3 heteroatoms. The first-order valence-electron chi connectivity index (χ1n) is 5.82. The van der Waals surface area contributed by atoms with Crippen LogP contribution in [0.3, 0.4) is 0 Å². The van der Waals surface area contributed by atoms with Crippen molar-refractivity contribution in [2.24, 2.45) is 17.8 Å². The number of carbonyl (C=O) groups is 1. The molecule has 2 atom stereocenters. The van der Waals surface area contributed by atoms with Crippen LogP contribution in [0.15, 0.2) is 28.7 Å². The minimum Gasteiger partial charge on any atom is -0.326 e. The van der Waals surface area contributed by atoms with E-state index in [1.807, 2.05) is 24.3 Å². The summed E-state index contributed by atoms with van der Waals surface area (Å²) in [4.78, 5) is 12.0. The molecule has 1 aromatic rings. The fraction of sp³-hybridized carbons (Fsp3) is 0.462. The zero-order valence-corrected chi connectivity index (χ0v) is 10.5. The standard InChI is InChI=1S/C13H14BrNO/c14-8-3-1-4-9(7-8)15-13(16)12-10-5-2-6-11(10)12/h1,3-4,7,10-12H,2,5-6H2,(H,15,16). The molecule has 0 bridgehead atoms. The minimum absolute atomic E-state index is 0.216. The fourth-order valence-electron chi connectivity index (χ4n) is 3.00. The van der Waals surface area contributed by atoms with E-state index in [1.54, 1.807) is 0 Å². The van der Waals surface area contributed by atoms with E-state index >= 15 is 0 Å². The Morgan fingerprint density at radius 3 is 2.75 bits per heavy atom. The quantitative estimate of drug-likeness (QED) is 0.883. The molecule has 0 saturated heterocycles. The molecule has 1 amide bonds. The summed E-state index contributed by atoms with van der Waals surface area (Å²) in [5, 5.41) is 3.00. The van der Waals surface area contributed by atoms with Gasteiger partial charge in [0, 0.05) is 16.1 Å². The third-order valence-corrected chi connectivity index (χ3v) is 4.29. The van der Waals surface area contributed by atoms with E-state index < -0.39 is 0 Å². The van der Waals surface area contributed by atoms with Crippen LogP contribution in [-0.2, 0) is 4.79 Å². The lowest BCUT2D eigenvalue weighted by Crippen LogP contribution is -2.16. The lowest BCUT2D eigenvalue weighted by molar-refractivity contribution is -0.118. The van der Waals surface area contributed by atoms with E-state index in [9.17, 15) is 4.79 Å². The van der Waals surface area contributed by atoms with Crippen molar-refractivity contribution in [3.05, 3.63) is 28.7 Å². The van der Waals surface area contributed by atoms with Gasteiger partial charge in [-0.15, -0.1) is 0 Å². The maximum atomic E-state index is 12.0. The highest BCUT2D eigenvalue weighted by atomic mass is 79.9. The molecule has 2 aliphatic rings. The van der Waals surface area contributed by atoms with Gasteiger partial charge in [-0.3, -0.25) is 4.79 Å². The van der Waals surface area contributed by atoms with Crippen LogP contribution in [0.1, 0.15) is 19.3 Å². The number of halogens is 1. The normalized spacial score (nSPS) is 30.9. The van der Waals surface area contributed by atoms with Gasteiger partial charge in [-0.2, -0.15) is 0 Å². The molecule has 0 radical (unpaired) electrons. The molecule has 1 aromatic carbocycles. The van der Waals surface area contributed by atoms with Crippen LogP contribution < -0.4 is 5.32 Å². The molecule has 2 nitrogen and oxygen atoms in total. The predicted octanol–water partition coefficient (Wildman–Crippen LogP) is 3.43. The second-order valence-electron chi connectivity index (χ2n) is 4.78. The second kappa shape index (κ2) is 3.88. The maximum Gasteiger partial charge on any atom is 0.228 e. The Balaban J connectivity index is 1.65. The number of rotatable bonds is 2. The van der Waals surface area contributed by atoms with Crippen LogP contribution in [0.4, 0.5) is 5.69 Å². The van der Waals surface area contributed by atoms with Gasteiger partial charge in [0.15, 0.2) is 0 Å². The lowest BCUT2D eigenvalue weighted by Gasteiger charge is -2.06. The summed E-state index contributed by atoms with van der Waals surface area (Å²) in [6.45, 7) is 0. The smallest absolute Gasteiger partial charge is 0.228 e. The van der Waals surface area contributed by atoms with Crippen molar-refractivity contribution in [3.8, 4) is 0 Å². The Morgan fingerprint density at radius 1 is 1.31 bits per heavy atom. The highest BCUT2D eigenvalue weighted by molar-refractivity contribution is 9.10. The molecular weight excluding hydrogens is 266 g/mol. The average Bonchev–Trinajstić information content (AvgIpc) is 2.73. The molecule has 16 heavy (non-hydrogen) atoms. The first kappa shape index (κ1) is 10.3. The zero-order chi connectivity index (χ0) is 11.1. The molecule has 0 heterocycles. The van der Waals surface area contributed by atoms with E-state index in [0.29, 0.717) is 17.8 Å². The number of benzene rings is 1. The van der Waals surface area contributed by atoms with Crippen molar-refractivity contribution in [3.63, 3.8) is 0 Å². The molecule has 0 aromatic heterocycles. The van der Waals surface area contributed by atoms with E-state index in [-0.39, 0.29) is 5.91 Å². The van der Waals surface area contributed by atoms with Crippen molar-refractivity contribution in [1.82, 2.24) is 0 Å². The monoisotopic (exact) mass is 279 g/mol. The van der Waals surface area contributed by atoms with Crippen LogP contribution in [0, 0.1) is 17.8 Å². The summed E-state index contributed by atoms with van der Waals surface area (Å²) in [7, 11) is 0. The first-order valence-corrected chi connectivity index (χ1v) is 6.61. The number of hydrogen-bond acceptors (Lipinski definition) is 1. The fourth-order valence-corrected chi connectivity index (χ4v) is 3.40. The van der Waals surface area contributed by atoms with Gasteiger partial charge in [0.1, 0.15) is 0 Å². The summed E-state index contributed by atoms with van der Waals surface area (Å²) in [5.41, 5.74) is 0.893. The van der Waals surface area contributed by atoms with E-state index in [0.717, 1.165) is 10.2 Å². The molecular formula is C13H14BrNO. The van der Waals surface area contributed by atoms with E-state index in [2.05, 4.69) is 21.2 Å². The minimum atomic E-state index is 0.216. The topological polar surface area (TPSA) is 29.1 Å². The highest BCUT2D eigenvalue weighted by Crippen LogP contribution is 2.57. The number of anilines is 1. The summed E-state index contributed by atoms with van der Waals surface area (Å²) < 4.78 is 1.00. The number of fused-ring (bicyclic) bond motifs is 1. The van der Waals surface area contributed by atoms with Crippen molar-refractivity contribution in [2.45, 2.75) is 19.3 Å². The second-order valence-corrected chi connectivity index (χ2v) is 5.70. The van der Waals surface area contributed by atoms with Gasteiger partial charge in [-0.05, 0) is 42.9 Å².